The van der Waals surface area contributed by atoms with Crippen LogP contribution in [-0.2, 0) is 0 Å². The van der Waals surface area contributed by atoms with Gasteiger partial charge >= 0.3 is 0 Å². The first-order valence-corrected chi connectivity index (χ1v) is 3.31. The highest BCUT2D eigenvalue weighted by molar-refractivity contribution is 5.69. The van der Waals surface area contributed by atoms with Gasteiger partial charge in [0, 0.05) is 6.07 Å². The molecule has 11 heavy (non-hydrogen) atoms. The van der Waals surface area contributed by atoms with Crippen molar-refractivity contribution in [2.24, 2.45) is 0 Å². The van der Waals surface area contributed by atoms with Crippen molar-refractivity contribution in [2.45, 2.75) is 6.92 Å². The van der Waals surface area contributed by atoms with Gasteiger partial charge in [0.25, 0.3) is 0 Å². The number of aromatic nitrogens is 3. The van der Waals surface area contributed by atoms with Gasteiger partial charge in [0.1, 0.15) is 5.82 Å². The summed E-state index contributed by atoms with van der Waals surface area (Å²) in [6, 6.07) is 3.19. The first-order valence-electron chi connectivity index (χ1n) is 3.31. The molecule has 2 aromatic rings. The summed E-state index contributed by atoms with van der Waals surface area (Å²) in [6.07, 6.45) is 0. The Morgan fingerprint density at radius 2 is 2.18 bits per heavy atom. The Hall–Kier alpha value is -1.58. The molecule has 2 aromatic heterocycles. The van der Waals surface area contributed by atoms with Gasteiger partial charge < -0.3 is 9.97 Å². The molecule has 0 radical (unpaired) electrons. The molecule has 0 bridgehead atoms. The lowest BCUT2D eigenvalue weighted by atomic mass is 10.4. The van der Waals surface area contributed by atoms with Gasteiger partial charge in [0.2, 0.25) is 5.56 Å². The minimum Gasteiger partial charge on any atom is -0.341 e. The first-order chi connectivity index (χ1) is 5.25. The number of pyridine rings is 1. The van der Waals surface area contributed by atoms with Gasteiger partial charge in [-0.25, -0.2) is 4.98 Å². The Morgan fingerprint density at radius 1 is 1.36 bits per heavy atom. The second-order valence-corrected chi connectivity index (χ2v) is 2.41. The van der Waals surface area contributed by atoms with E-state index in [0.717, 1.165) is 11.3 Å². The molecule has 0 spiro atoms. The minimum atomic E-state index is -0.121. The normalized spacial score (nSPS) is 10.6. The van der Waals surface area contributed by atoms with E-state index < -0.39 is 0 Å². The quantitative estimate of drug-likeness (QED) is 0.574. The Balaban J connectivity index is 2.92. The molecular formula is C7H7N3O. The third-order valence-corrected chi connectivity index (χ3v) is 1.49. The molecule has 56 valence electrons. The molecule has 0 aliphatic rings. The molecule has 0 fully saturated rings. The number of rotatable bonds is 0. The fourth-order valence-electron chi connectivity index (χ4n) is 1.04. The molecule has 0 atom stereocenters. The van der Waals surface area contributed by atoms with E-state index in [-0.39, 0.29) is 5.56 Å². The maximum Gasteiger partial charge on any atom is 0.249 e. The van der Waals surface area contributed by atoms with Crippen LogP contribution in [0.1, 0.15) is 5.82 Å². The van der Waals surface area contributed by atoms with Crippen LogP contribution < -0.4 is 5.56 Å². The number of aryl methyl sites for hydroxylation is 1. The standard InChI is InChI=1S/C7H7N3O/c1-4-8-5-2-3-6(11)10-7(5)9-4/h2-3H,1H3,(H2,8,9,10,11). The molecular weight excluding hydrogens is 142 g/mol. The van der Waals surface area contributed by atoms with E-state index in [1.807, 2.05) is 6.92 Å². The lowest BCUT2D eigenvalue weighted by Crippen LogP contribution is -2.01. The van der Waals surface area contributed by atoms with E-state index in [4.69, 9.17) is 0 Å². The summed E-state index contributed by atoms with van der Waals surface area (Å²) >= 11 is 0. The average Bonchev–Trinajstić information content (AvgIpc) is 2.27. The third kappa shape index (κ3) is 0.920. The summed E-state index contributed by atoms with van der Waals surface area (Å²) in [5, 5.41) is 0. The number of H-pyrrole nitrogens is 2. The number of hydrogen-bond donors (Lipinski definition) is 2. The molecule has 0 amide bonds. The molecule has 2 rings (SSSR count). The van der Waals surface area contributed by atoms with Gasteiger partial charge in [-0.15, -0.1) is 0 Å². The molecule has 0 aliphatic heterocycles. The number of imidazole rings is 1. The monoisotopic (exact) mass is 149 g/mol. The van der Waals surface area contributed by atoms with Crippen LogP contribution >= 0.6 is 0 Å². The zero-order chi connectivity index (χ0) is 7.84. The van der Waals surface area contributed by atoms with Crippen molar-refractivity contribution in [3.05, 3.63) is 28.3 Å². The van der Waals surface area contributed by atoms with Crippen molar-refractivity contribution < 1.29 is 0 Å². The smallest absolute Gasteiger partial charge is 0.249 e. The van der Waals surface area contributed by atoms with Crippen molar-refractivity contribution in [1.82, 2.24) is 15.0 Å². The maximum absolute atomic E-state index is 10.8. The fraction of sp³-hybridized carbons (Fsp3) is 0.143. The molecule has 2 N–H and O–H groups in total. The van der Waals surface area contributed by atoms with Gasteiger partial charge in [0.15, 0.2) is 5.65 Å². The van der Waals surface area contributed by atoms with E-state index >= 15 is 0 Å². The number of hydrogen-bond acceptors (Lipinski definition) is 2. The van der Waals surface area contributed by atoms with E-state index in [2.05, 4.69) is 15.0 Å². The predicted molar refractivity (Wildman–Crippen MR) is 41.5 cm³/mol. The fourth-order valence-corrected chi connectivity index (χ4v) is 1.04. The van der Waals surface area contributed by atoms with Gasteiger partial charge in [-0.2, -0.15) is 0 Å². The van der Waals surface area contributed by atoms with Crippen molar-refractivity contribution in [2.75, 3.05) is 0 Å². The Kier molecular flexibility index (Phi) is 1.09. The summed E-state index contributed by atoms with van der Waals surface area (Å²) in [5.74, 6) is 0.807. The zero-order valence-electron chi connectivity index (χ0n) is 6.01. The topological polar surface area (TPSA) is 61.5 Å². The van der Waals surface area contributed by atoms with E-state index in [1.165, 1.54) is 6.07 Å². The van der Waals surface area contributed by atoms with E-state index in [1.54, 1.807) is 6.07 Å². The summed E-state index contributed by atoms with van der Waals surface area (Å²) in [4.78, 5) is 20.5. The molecule has 0 aromatic carbocycles. The predicted octanol–water partition coefficient (Wildman–Crippen LogP) is 0.560. The second-order valence-electron chi connectivity index (χ2n) is 2.41. The highest BCUT2D eigenvalue weighted by atomic mass is 16.1. The largest absolute Gasteiger partial charge is 0.341 e. The van der Waals surface area contributed by atoms with Crippen molar-refractivity contribution >= 4 is 11.2 Å². The van der Waals surface area contributed by atoms with Crippen molar-refractivity contribution in [3.63, 3.8) is 0 Å². The SMILES string of the molecule is Cc1nc2[nH]c(=O)ccc2[nH]1. The van der Waals surface area contributed by atoms with Crippen LogP contribution in [0.5, 0.6) is 0 Å². The number of fused-ring (bicyclic) bond motifs is 1. The highest BCUT2D eigenvalue weighted by Gasteiger charge is 1.97. The summed E-state index contributed by atoms with van der Waals surface area (Å²) in [5.41, 5.74) is 1.36. The van der Waals surface area contributed by atoms with E-state index in [0.29, 0.717) is 5.65 Å². The van der Waals surface area contributed by atoms with Crippen LogP contribution in [-0.4, -0.2) is 15.0 Å². The first kappa shape index (κ1) is 6.15. The average molecular weight is 149 g/mol. The van der Waals surface area contributed by atoms with Crippen LogP contribution in [0.4, 0.5) is 0 Å². The van der Waals surface area contributed by atoms with Crippen molar-refractivity contribution in [1.29, 1.82) is 0 Å². The van der Waals surface area contributed by atoms with Crippen LogP contribution in [0.25, 0.3) is 11.2 Å². The molecule has 0 saturated carbocycles. The number of nitrogens with zero attached hydrogens (tertiary/aromatic N) is 1. The molecule has 2 heterocycles. The van der Waals surface area contributed by atoms with Gasteiger partial charge in [0.05, 0.1) is 5.52 Å². The lowest BCUT2D eigenvalue weighted by molar-refractivity contribution is 1.15. The number of nitrogens with one attached hydrogen (secondary N) is 2. The third-order valence-electron chi connectivity index (χ3n) is 1.49. The minimum absolute atomic E-state index is 0.121. The molecule has 4 nitrogen and oxygen atoms in total. The molecule has 0 aliphatic carbocycles. The molecule has 4 heteroatoms. The van der Waals surface area contributed by atoms with Gasteiger partial charge in [-0.3, -0.25) is 4.79 Å². The number of aromatic amines is 2. The maximum atomic E-state index is 10.8. The molecule has 0 saturated heterocycles. The van der Waals surface area contributed by atoms with E-state index in [9.17, 15) is 4.79 Å². The van der Waals surface area contributed by atoms with Crippen LogP contribution in [0.2, 0.25) is 0 Å². The second kappa shape index (κ2) is 1.95. The highest BCUT2D eigenvalue weighted by Crippen LogP contribution is 2.03. The zero-order valence-corrected chi connectivity index (χ0v) is 6.01. The van der Waals surface area contributed by atoms with Crippen LogP contribution in [0.15, 0.2) is 16.9 Å². The summed E-state index contributed by atoms with van der Waals surface area (Å²) in [6.45, 7) is 1.85. The van der Waals surface area contributed by atoms with Crippen molar-refractivity contribution in [3.8, 4) is 0 Å². The molecule has 0 unspecified atom stereocenters. The Labute approximate surface area is 62.3 Å². The Bertz CT molecular complexity index is 440. The van der Waals surface area contributed by atoms with Crippen LogP contribution in [0, 0.1) is 6.92 Å². The van der Waals surface area contributed by atoms with Crippen LogP contribution in [0.3, 0.4) is 0 Å². The summed E-state index contributed by atoms with van der Waals surface area (Å²) in [7, 11) is 0. The Morgan fingerprint density at radius 3 is 3.00 bits per heavy atom. The van der Waals surface area contributed by atoms with Gasteiger partial charge in [-0.05, 0) is 13.0 Å². The lowest BCUT2D eigenvalue weighted by Gasteiger charge is -1.82. The summed E-state index contributed by atoms with van der Waals surface area (Å²) < 4.78 is 0. The van der Waals surface area contributed by atoms with Gasteiger partial charge in [-0.1, -0.05) is 0 Å².